The van der Waals surface area contributed by atoms with Crippen molar-refractivity contribution in [2.24, 2.45) is 0 Å². The third kappa shape index (κ3) is 5.05. The van der Waals surface area contributed by atoms with Gasteiger partial charge in [0, 0.05) is 16.5 Å². The van der Waals surface area contributed by atoms with Crippen molar-refractivity contribution in [3.8, 4) is 11.5 Å². The average molecular weight is 409 g/mol. The summed E-state index contributed by atoms with van der Waals surface area (Å²) in [5.41, 5.74) is 4.84. The van der Waals surface area contributed by atoms with Crippen molar-refractivity contribution in [3.63, 3.8) is 0 Å². The molecule has 0 amide bonds. The lowest BCUT2D eigenvalue weighted by Gasteiger charge is -2.34. The molecular weight excluding hydrogens is 371 g/mol. The summed E-state index contributed by atoms with van der Waals surface area (Å²) < 4.78 is 5.91. The predicted octanol–water partition coefficient (Wildman–Crippen LogP) is 8.45. The van der Waals surface area contributed by atoms with Crippen LogP contribution in [0, 0.1) is 0 Å². The molecule has 2 fully saturated rings. The van der Waals surface area contributed by atoms with Crippen LogP contribution in [0.1, 0.15) is 89.2 Å². The van der Waals surface area contributed by atoms with Crippen LogP contribution in [0.3, 0.4) is 0 Å². The first-order chi connectivity index (χ1) is 14.1. The Bertz CT molecular complexity index is 721. The molecule has 2 aromatic carbocycles. The molecule has 2 heteroatoms. The van der Waals surface area contributed by atoms with Gasteiger partial charge in [0.1, 0.15) is 11.5 Å². The van der Waals surface area contributed by atoms with Crippen molar-refractivity contribution in [2.75, 3.05) is 0 Å². The number of hydrogen-bond acceptors (Lipinski definition) is 1. The Hall–Kier alpha value is -1.33. The number of rotatable bonds is 2. The van der Waals surface area contributed by atoms with Crippen molar-refractivity contribution in [1.82, 2.24) is 0 Å². The summed E-state index contributed by atoms with van der Waals surface area (Å²) in [6.45, 7) is 4.49. The van der Waals surface area contributed by atoms with Crippen LogP contribution in [-0.4, -0.2) is 11.3 Å². The molecule has 29 heavy (non-hydrogen) atoms. The van der Waals surface area contributed by atoms with E-state index in [1.807, 2.05) is 24.3 Å². The van der Waals surface area contributed by atoms with Gasteiger partial charge in [-0.1, -0.05) is 88.8 Å². The Morgan fingerprint density at radius 3 is 1.52 bits per heavy atom. The molecule has 0 spiro atoms. The molecule has 3 aliphatic rings. The highest BCUT2D eigenvalue weighted by molar-refractivity contribution is 7.39. The fourth-order valence-corrected chi connectivity index (χ4v) is 7.43. The fourth-order valence-electron chi connectivity index (χ4n) is 5.28. The van der Waals surface area contributed by atoms with Gasteiger partial charge in [0.2, 0.25) is 0 Å². The van der Waals surface area contributed by atoms with Crippen LogP contribution < -0.4 is 4.74 Å². The number of fused-ring (bicyclic) bond motifs is 2. The van der Waals surface area contributed by atoms with Gasteiger partial charge in [-0.3, -0.25) is 0 Å². The molecule has 0 aromatic heterocycles. The molecular formula is C27H37OP. The van der Waals surface area contributed by atoms with Crippen LogP contribution >= 0.6 is 8.58 Å². The normalized spacial score (nSPS) is 21.2. The van der Waals surface area contributed by atoms with Gasteiger partial charge in [0.05, 0.1) is 0 Å². The molecule has 1 heterocycles. The van der Waals surface area contributed by atoms with E-state index in [0.717, 1.165) is 22.8 Å². The van der Waals surface area contributed by atoms with Gasteiger partial charge in [0.25, 0.3) is 0 Å². The summed E-state index contributed by atoms with van der Waals surface area (Å²) in [5.74, 6) is 1.96. The number of ether oxygens (including phenoxy) is 1. The minimum Gasteiger partial charge on any atom is -0.457 e. The largest absolute Gasteiger partial charge is 0.457 e. The van der Waals surface area contributed by atoms with Crippen LogP contribution in [-0.2, 0) is 5.41 Å². The van der Waals surface area contributed by atoms with Crippen LogP contribution in [0.5, 0.6) is 11.5 Å². The highest BCUT2D eigenvalue weighted by Gasteiger charge is 2.33. The molecule has 5 rings (SSSR count). The quantitative estimate of drug-likeness (QED) is 0.453. The summed E-state index contributed by atoms with van der Waals surface area (Å²) in [7, 11) is 1.33. The summed E-state index contributed by atoms with van der Waals surface area (Å²) in [4.78, 5) is 0. The molecule has 2 aliphatic carbocycles. The van der Waals surface area contributed by atoms with Crippen molar-refractivity contribution < 1.29 is 4.74 Å². The topological polar surface area (TPSA) is 9.23 Å². The molecule has 1 aliphatic heterocycles. The first kappa shape index (κ1) is 20.9. The third-order valence-corrected chi connectivity index (χ3v) is 9.12. The molecule has 0 bridgehead atoms. The van der Waals surface area contributed by atoms with Gasteiger partial charge < -0.3 is 4.74 Å². The standard InChI is InChI=1S/C15H14O.C12H23P/c1-15(2)11-7-3-5-9-13(11)16-14-10-6-4-8-12(14)15;1-3-7-11(8-4-1)13-12-9-5-2-6-10-12/h3-10H,1-2H3;11-13H,1-10H2. The molecule has 0 radical (unpaired) electrons. The molecule has 156 valence electrons. The lowest BCUT2D eigenvalue weighted by Crippen LogP contribution is -2.23. The second-order valence-electron chi connectivity index (χ2n) is 9.56. The Kier molecular flexibility index (Phi) is 6.96. The molecule has 0 N–H and O–H groups in total. The minimum atomic E-state index is 0.0193. The third-order valence-electron chi connectivity index (χ3n) is 7.02. The second kappa shape index (κ2) is 9.65. The lowest BCUT2D eigenvalue weighted by atomic mass is 9.76. The zero-order valence-corrected chi connectivity index (χ0v) is 19.3. The van der Waals surface area contributed by atoms with E-state index < -0.39 is 0 Å². The van der Waals surface area contributed by atoms with Crippen molar-refractivity contribution in [2.45, 2.75) is 94.8 Å². The van der Waals surface area contributed by atoms with Crippen molar-refractivity contribution in [3.05, 3.63) is 59.7 Å². The summed E-state index contributed by atoms with van der Waals surface area (Å²) in [6.07, 6.45) is 15.4. The van der Waals surface area contributed by atoms with E-state index in [1.165, 1.54) is 58.2 Å². The van der Waals surface area contributed by atoms with Crippen LogP contribution in [0.15, 0.2) is 48.5 Å². The van der Waals surface area contributed by atoms with E-state index in [-0.39, 0.29) is 5.41 Å². The van der Waals surface area contributed by atoms with E-state index in [0.29, 0.717) is 0 Å². The lowest BCUT2D eigenvalue weighted by molar-refractivity contribution is 0.418. The van der Waals surface area contributed by atoms with Gasteiger partial charge in [-0.15, -0.1) is 8.58 Å². The summed E-state index contributed by atoms with van der Waals surface area (Å²) in [5, 5.41) is 0. The monoisotopic (exact) mass is 408 g/mol. The van der Waals surface area contributed by atoms with E-state index >= 15 is 0 Å². The van der Waals surface area contributed by atoms with E-state index in [2.05, 4.69) is 38.1 Å². The maximum atomic E-state index is 5.91. The van der Waals surface area contributed by atoms with Gasteiger partial charge >= 0.3 is 0 Å². The molecule has 1 nitrogen and oxygen atoms in total. The zero-order valence-electron chi connectivity index (χ0n) is 18.3. The Balaban J connectivity index is 0.000000145. The fraction of sp³-hybridized carbons (Fsp3) is 0.556. The SMILES string of the molecule is C1CCC(PC2CCCCC2)CC1.CC1(C)c2ccccc2Oc2ccccc21. The Labute approximate surface area is 179 Å². The van der Waals surface area contributed by atoms with Gasteiger partial charge in [-0.25, -0.2) is 0 Å². The van der Waals surface area contributed by atoms with Gasteiger partial charge in [-0.05, 0) is 49.1 Å². The molecule has 2 aromatic rings. The predicted molar refractivity (Wildman–Crippen MR) is 127 cm³/mol. The smallest absolute Gasteiger partial charge is 0.131 e. The number of benzene rings is 2. The Morgan fingerprint density at radius 1 is 0.655 bits per heavy atom. The molecule has 0 atom stereocenters. The minimum absolute atomic E-state index is 0.0193. The average Bonchev–Trinajstić information content (AvgIpc) is 2.76. The zero-order chi connectivity index (χ0) is 20.1. The van der Waals surface area contributed by atoms with Crippen LogP contribution in [0.2, 0.25) is 0 Å². The van der Waals surface area contributed by atoms with Crippen molar-refractivity contribution >= 4 is 8.58 Å². The Morgan fingerprint density at radius 2 is 1.07 bits per heavy atom. The maximum Gasteiger partial charge on any atom is 0.131 e. The number of para-hydroxylation sites is 2. The van der Waals surface area contributed by atoms with Crippen LogP contribution in [0.25, 0.3) is 0 Å². The first-order valence-corrected chi connectivity index (χ1v) is 12.9. The van der Waals surface area contributed by atoms with Crippen LogP contribution in [0.4, 0.5) is 0 Å². The van der Waals surface area contributed by atoms with Gasteiger partial charge in [0.15, 0.2) is 0 Å². The molecule has 0 unspecified atom stereocenters. The molecule has 2 saturated carbocycles. The van der Waals surface area contributed by atoms with E-state index in [4.69, 9.17) is 4.74 Å². The van der Waals surface area contributed by atoms with E-state index in [9.17, 15) is 0 Å². The summed E-state index contributed by atoms with van der Waals surface area (Å²) >= 11 is 0. The maximum absolute atomic E-state index is 5.91. The highest BCUT2D eigenvalue weighted by atomic mass is 31.1. The summed E-state index contributed by atoms with van der Waals surface area (Å²) in [6, 6.07) is 16.5. The highest BCUT2D eigenvalue weighted by Crippen LogP contribution is 2.47. The number of hydrogen-bond donors (Lipinski definition) is 0. The first-order valence-electron chi connectivity index (χ1n) is 11.8. The molecule has 0 saturated heterocycles. The van der Waals surface area contributed by atoms with Gasteiger partial charge in [-0.2, -0.15) is 0 Å². The second-order valence-corrected chi connectivity index (χ2v) is 11.5. The van der Waals surface area contributed by atoms with E-state index in [1.54, 1.807) is 25.7 Å². The van der Waals surface area contributed by atoms with Crippen molar-refractivity contribution in [1.29, 1.82) is 0 Å².